The highest BCUT2D eigenvalue weighted by Crippen LogP contribution is 2.11. The molecule has 0 saturated heterocycles. The normalized spacial score (nSPS) is 12.5. The van der Waals surface area contributed by atoms with E-state index in [1.807, 2.05) is 0 Å². The summed E-state index contributed by atoms with van der Waals surface area (Å²) >= 11 is 0. The van der Waals surface area contributed by atoms with Crippen molar-refractivity contribution in [3.8, 4) is 0 Å². The lowest BCUT2D eigenvalue weighted by Gasteiger charge is -2.05. The van der Waals surface area contributed by atoms with Crippen LogP contribution < -0.4 is 0 Å². The van der Waals surface area contributed by atoms with E-state index < -0.39 is 30.6 Å². The molecule has 0 radical (unpaired) electrons. The van der Waals surface area contributed by atoms with Crippen LogP contribution in [-0.2, 0) is 20.8 Å². The van der Waals surface area contributed by atoms with Gasteiger partial charge in [0.1, 0.15) is 0 Å². The average molecular weight is 225 g/mol. The predicted molar refractivity (Wildman–Crippen MR) is 29.9 cm³/mol. The molecule has 0 aliphatic carbocycles. The second-order valence-corrected chi connectivity index (χ2v) is 3.97. The van der Waals surface area contributed by atoms with Gasteiger partial charge in [-0.05, 0) is 3.71 Å². The summed E-state index contributed by atoms with van der Waals surface area (Å²) in [7, 11) is -12.3. The Morgan fingerprint density at radius 3 is 1.33 bits per heavy atom. The molecule has 0 aliphatic rings. The van der Waals surface area contributed by atoms with Gasteiger partial charge in [-0.3, -0.25) is 0 Å². The molecule has 0 fully saturated rings. The van der Waals surface area contributed by atoms with E-state index in [0.29, 0.717) is 0 Å². The van der Waals surface area contributed by atoms with E-state index in [1.165, 1.54) is 0 Å². The van der Waals surface area contributed by atoms with Gasteiger partial charge in [0, 0.05) is 0 Å². The lowest BCUT2D eigenvalue weighted by atomic mass is 11.3. The Morgan fingerprint density at radius 2 is 1.33 bits per heavy atom. The quantitative estimate of drug-likeness (QED) is 0.628. The Hall–Kier alpha value is -0.970. The summed E-state index contributed by atoms with van der Waals surface area (Å²) in [5, 5.41) is 7.73. The lowest BCUT2D eigenvalue weighted by molar-refractivity contribution is 0.185. The first-order valence-corrected chi connectivity index (χ1v) is 4.67. The van der Waals surface area contributed by atoms with Crippen molar-refractivity contribution in [2.75, 3.05) is 0 Å². The highest BCUT2D eigenvalue weighted by atomic mass is 32.3. The number of hydrogen-bond donors (Lipinski definition) is 1. The van der Waals surface area contributed by atoms with Crippen LogP contribution in [0.1, 0.15) is 0 Å². The van der Waals surface area contributed by atoms with Crippen LogP contribution in [0.5, 0.6) is 0 Å². The molecule has 0 heterocycles. The van der Waals surface area contributed by atoms with Gasteiger partial charge in [0.15, 0.2) is 0 Å². The third kappa shape index (κ3) is 2.58. The van der Waals surface area contributed by atoms with Crippen molar-refractivity contribution in [1.82, 2.24) is 3.71 Å². The predicted octanol–water partition coefficient (Wildman–Crippen LogP) is -0.605. The summed E-state index contributed by atoms with van der Waals surface area (Å²) in [6.45, 7) is 0. The topological polar surface area (TPSA) is 109 Å². The number of carbonyl (C=O) groups is 1. The van der Waals surface area contributed by atoms with Gasteiger partial charge in [-0.15, -0.1) is 0 Å². The first-order valence-electron chi connectivity index (χ1n) is 1.99. The van der Waals surface area contributed by atoms with Crippen LogP contribution in [0.25, 0.3) is 0 Å². The van der Waals surface area contributed by atoms with Gasteiger partial charge in [0.05, 0.1) is 0 Å². The molecule has 0 atom stereocenters. The zero-order chi connectivity index (χ0) is 10.2. The van der Waals surface area contributed by atoms with E-state index in [-0.39, 0.29) is 0 Å². The molecule has 1 amide bonds. The third-order valence-corrected chi connectivity index (χ3v) is 2.73. The Kier molecular flexibility index (Phi) is 2.59. The number of amides is 1. The fourth-order valence-electron chi connectivity index (χ4n) is 0.293. The maximum absolute atomic E-state index is 11.7. The van der Waals surface area contributed by atoms with Crippen molar-refractivity contribution in [3.05, 3.63) is 0 Å². The highest BCUT2D eigenvalue weighted by Gasteiger charge is 2.39. The minimum absolute atomic E-state index is 1.93. The van der Waals surface area contributed by atoms with E-state index >= 15 is 0 Å². The van der Waals surface area contributed by atoms with Crippen molar-refractivity contribution in [3.63, 3.8) is 0 Å². The maximum Gasteiger partial charge on any atom is 0.439 e. The third-order valence-electron chi connectivity index (χ3n) is 0.552. The molecule has 0 aromatic rings. The van der Waals surface area contributed by atoms with Crippen LogP contribution in [0.2, 0.25) is 0 Å². The number of halogens is 2. The Morgan fingerprint density at radius 1 is 1.08 bits per heavy atom. The molecule has 0 aliphatic heterocycles. The first kappa shape index (κ1) is 11.0. The van der Waals surface area contributed by atoms with Crippen LogP contribution in [0.4, 0.5) is 12.6 Å². The summed E-state index contributed by atoms with van der Waals surface area (Å²) in [6, 6.07) is 0. The molecule has 0 unspecified atom stereocenters. The van der Waals surface area contributed by atoms with E-state index in [4.69, 9.17) is 5.11 Å². The van der Waals surface area contributed by atoms with E-state index in [0.717, 1.165) is 0 Å². The van der Waals surface area contributed by atoms with Crippen LogP contribution in [0, 0.1) is 0 Å². The molecule has 0 aromatic heterocycles. The number of hydrogen-bond acceptors (Lipinski definition) is 5. The molecule has 7 nitrogen and oxygen atoms in total. The second kappa shape index (κ2) is 2.82. The molecule has 0 bridgehead atoms. The summed E-state index contributed by atoms with van der Waals surface area (Å²) in [6.07, 6.45) is -2.79. The number of carboxylic acid groups (broad SMARTS) is 1. The van der Waals surface area contributed by atoms with Gasteiger partial charge in [-0.2, -0.15) is 16.8 Å². The van der Waals surface area contributed by atoms with Crippen molar-refractivity contribution >= 4 is 26.9 Å². The summed E-state index contributed by atoms with van der Waals surface area (Å²) in [5.41, 5.74) is 0. The van der Waals surface area contributed by atoms with Crippen LogP contribution in [-0.4, -0.2) is 31.7 Å². The fraction of sp³-hybridized carbons (Fsp3) is 0. The largest absolute Gasteiger partial charge is 0.463 e. The molecule has 0 saturated carbocycles. The summed E-state index contributed by atoms with van der Waals surface area (Å²) in [5.74, 6) is 0. The van der Waals surface area contributed by atoms with Crippen molar-refractivity contribution in [2.24, 2.45) is 0 Å². The van der Waals surface area contributed by atoms with Crippen LogP contribution in [0.15, 0.2) is 0 Å². The van der Waals surface area contributed by atoms with Gasteiger partial charge in [-0.25, -0.2) is 4.79 Å². The minimum Gasteiger partial charge on any atom is -0.463 e. The smallest absolute Gasteiger partial charge is 0.439 e. The van der Waals surface area contributed by atoms with E-state index in [2.05, 4.69) is 0 Å². The van der Waals surface area contributed by atoms with Gasteiger partial charge in [-0.1, -0.05) is 7.77 Å². The number of nitrogens with zero attached hydrogens (tertiary/aromatic N) is 1. The zero-order valence-electron chi connectivity index (χ0n) is 5.01. The molecule has 11 heteroatoms. The second-order valence-electron chi connectivity index (χ2n) is 1.36. The van der Waals surface area contributed by atoms with Crippen molar-refractivity contribution < 1.29 is 34.5 Å². The standard InChI is InChI=1S/CHF2NO6S2/c2-11(7,8)4(1(5)6)12(3,9)10/h(H,5,6). The summed E-state index contributed by atoms with van der Waals surface area (Å²) in [4.78, 5) is 9.68. The highest BCUT2D eigenvalue weighted by molar-refractivity contribution is 8.00. The average Bonchev–Trinajstić information content (AvgIpc) is 1.49. The molecule has 1 N–H and O–H groups in total. The van der Waals surface area contributed by atoms with Crippen molar-refractivity contribution in [1.29, 1.82) is 0 Å². The Bertz CT molecular complexity index is 348. The molecule has 0 aromatic carbocycles. The van der Waals surface area contributed by atoms with Gasteiger partial charge < -0.3 is 5.11 Å². The Balaban J connectivity index is 5.42. The fourth-order valence-corrected chi connectivity index (χ4v) is 1.52. The Labute approximate surface area is 65.9 Å². The van der Waals surface area contributed by atoms with Crippen LogP contribution in [0.3, 0.4) is 0 Å². The first-order chi connectivity index (χ1) is 5.07. The van der Waals surface area contributed by atoms with Crippen LogP contribution >= 0.6 is 0 Å². The van der Waals surface area contributed by atoms with Gasteiger partial charge in [0.2, 0.25) is 0 Å². The molecule has 0 spiro atoms. The molecule has 72 valence electrons. The van der Waals surface area contributed by atoms with Gasteiger partial charge in [0.25, 0.3) is 0 Å². The maximum atomic E-state index is 11.7. The number of rotatable bonds is 2. The van der Waals surface area contributed by atoms with Gasteiger partial charge >= 0.3 is 26.9 Å². The molecule has 12 heavy (non-hydrogen) atoms. The monoisotopic (exact) mass is 225 g/mol. The zero-order valence-corrected chi connectivity index (χ0v) is 6.64. The molecule has 0 rings (SSSR count). The summed E-state index contributed by atoms with van der Waals surface area (Å²) < 4.78 is 60.2. The van der Waals surface area contributed by atoms with E-state index in [9.17, 15) is 29.4 Å². The SMILES string of the molecule is O=C(O)N(S(=O)(=O)F)S(=O)(=O)F. The molecular formula is CHF2NO6S2. The molecular weight excluding hydrogens is 224 g/mol. The lowest BCUT2D eigenvalue weighted by Crippen LogP contribution is -2.36. The van der Waals surface area contributed by atoms with Crippen molar-refractivity contribution in [2.45, 2.75) is 0 Å². The minimum atomic E-state index is -6.15. The van der Waals surface area contributed by atoms with E-state index in [1.54, 1.807) is 0 Å².